The molecule has 0 saturated heterocycles. The Bertz CT molecular complexity index is 478. The van der Waals surface area contributed by atoms with Crippen LogP contribution in [0.3, 0.4) is 0 Å². The van der Waals surface area contributed by atoms with E-state index in [9.17, 15) is 4.79 Å². The summed E-state index contributed by atoms with van der Waals surface area (Å²) < 4.78 is 5.04. The highest BCUT2D eigenvalue weighted by Crippen LogP contribution is 2.32. The molecule has 1 rings (SSSR count). The van der Waals surface area contributed by atoms with Gasteiger partial charge in [-0.25, -0.2) is 4.79 Å². The van der Waals surface area contributed by atoms with Gasteiger partial charge in [-0.1, -0.05) is 40.5 Å². The molecule has 0 radical (unpaired) electrons. The molecule has 0 aliphatic rings. The van der Waals surface area contributed by atoms with E-state index < -0.39 is 6.16 Å². The van der Waals surface area contributed by atoms with E-state index in [0.717, 1.165) is 37.7 Å². The Morgan fingerprint density at radius 3 is 2.10 bits per heavy atom. The minimum Gasteiger partial charge on any atom is -0.449 e. The average Bonchev–Trinajstić information content (AvgIpc) is 2.46. The molecule has 3 nitrogen and oxygen atoms in total. The molecule has 0 spiro atoms. The molecule has 0 heterocycles. The summed E-state index contributed by atoms with van der Waals surface area (Å²) >= 11 is 0. The lowest BCUT2D eigenvalue weighted by Gasteiger charge is -2.19. The monoisotopic (exact) mass is 292 g/mol. The zero-order valence-corrected chi connectivity index (χ0v) is 13.8. The molecule has 0 atom stereocenters. The SMILES string of the molecule is CCCCCc1cc(OC(=O)O)c(CC)c(CC)c1CC. The smallest absolute Gasteiger partial charge is 0.449 e. The molecule has 1 aromatic carbocycles. The maximum atomic E-state index is 10.9. The number of benzene rings is 1. The average molecular weight is 292 g/mol. The van der Waals surface area contributed by atoms with Gasteiger partial charge in [0.1, 0.15) is 5.75 Å². The molecule has 21 heavy (non-hydrogen) atoms. The van der Waals surface area contributed by atoms with E-state index in [1.54, 1.807) is 0 Å². The van der Waals surface area contributed by atoms with Crippen molar-refractivity contribution in [2.45, 2.75) is 72.6 Å². The maximum absolute atomic E-state index is 10.9. The largest absolute Gasteiger partial charge is 0.511 e. The third kappa shape index (κ3) is 4.48. The van der Waals surface area contributed by atoms with Gasteiger partial charge in [-0.3, -0.25) is 0 Å². The molecule has 0 aliphatic carbocycles. The number of ether oxygens (including phenoxy) is 1. The van der Waals surface area contributed by atoms with Crippen molar-refractivity contribution in [3.8, 4) is 5.75 Å². The highest BCUT2D eigenvalue weighted by Gasteiger charge is 2.17. The van der Waals surface area contributed by atoms with E-state index >= 15 is 0 Å². The van der Waals surface area contributed by atoms with Gasteiger partial charge in [0.2, 0.25) is 0 Å². The van der Waals surface area contributed by atoms with E-state index in [4.69, 9.17) is 9.84 Å². The molecule has 0 fully saturated rings. The standard InChI is InChI=1S/C18H28O3/c1-5-9-10-11-13-12-17(21-18(19)20)16(8-4)15(7-3)14(13)6-2/h12H,5-11H2,1-4H3,(H,19,20). The molecule has 1 aromatic rings. The summed E-state index contributed by atoms with van der Waals surface area (Å²) in [5.41, 5.74) is 4.99. The number of unbranched alkanes of at least 4 members (excludes halogenated alkanes) is 2. The number of hydrogen-bond acceptors (Lipinski definition) is 2. The molecule has 3 heteroatoms. The molecule has 1 N–H and O–H groups in total. The summed E-state index contributed by atoms with van der Waals surface area (Å²) in [7, 11) is 0. The summed E-state index contributed by atoms with van der Waals surface area (Å²) in [5, 5.41) is 8.96. The van der Waals surface area contributed by atoms with Crippen LogP contribution in [-0.4, -0.2) is 11.3 Å². The van der Waals surface area contributed by atoms with Crippen LogP contribution in [0.15, 0.2) is 6.07 Å². The number of rotatable bonds is 8. The predicted octanol–water partition coefficient (Wildman–Crippen LogP) is 5.16. The Kier molecular flexibility index (Phi) is 7.27. The first-order valence-corrected chi connectivity index (χ1v) is 8.16. The van der Waals surface area contributed by atoms with Crippen molar-refractivity contribution < 1.29 is 14.6 Å². The zero-order chi connectivity index (χ0) is 15.8. The summed E-state index contributed by atoms with van der Waals surface area (Å²) in [6, 6.07) is 1.96. The third-order valence-electron chi connectivity index (χ3n) is 4.03. The lowest BCUT2D eigenvalue weighted by molar-refractivity contribution is 0.144. The Balaban J connectivity index is 3.30. The minimum atomic E-state index is -1.23. The predicted molar refractivity (Wildman–Crippen MR) is 86.5 cm³/mol. The van der Waals surface area contributed by atoms with Crippen molar-refractivity contribution in [3.63, 3.8) is 0 Å². The van der Waals surface area contributed by atoms with E-state index in [-0.39, 0.29) is 0 Å². The van der Waals surface area contributed by atoms with Gasteiger partial charge in [0, 0.05) is 0 Å². The normalized spacial score (nSPS) is 10.7. The van der Waals surface area contributed by atoms with Gasteiger partial charge in [-0.15, -0.1) is 0 Å². The van der Waals surface area contributed by atoms with Crippen molar-refractivity contribution in [3.05, 3.63) is 28.3 Å². The highest BCUT2D eigenvalue weighted by molar-refractivity contribution is 5.63. The van der Waals surface area contributed by atoms with Gasteiger partial charge in [0.05, 0.1) is 0 Å². The van der Waals surface area contributed by atoms with Gasteiger partial charge in [-0.05, 0) is 60.4 Å². The second-order valence-corrected chi connectivity index (χ2v) is 5.36. The van der Waals surface area contributed by atoms with Crippen LogP contribution in [0.5, 0.6) is 5.75 Å². The van der Waals surface area contributed by atoms with Crippen molar-refractivity contribution in [2.75, 3.05) is 0 Å². The Morgan fingerprint density at radius 1 is 1.00 bits per heavy atom. The van der Waals surface area contributed by atoms with Gasteiger partial charge in [-0.2, -0.15) is 0 Å². The maximum Gasteiger partial charge on any atom is 0.511 e. The van der Waals surface area contributed by atoms with Gasteiger partial charge in [0.15, 0.2) is 0 Å². The fraction of sp³-hybridized carbons (Fsp3) is 0.611. The zero-order valence-electron chi connectivity index (χ0n) is 13.8. The van der Waals surface area contributed by atoms with Crippen LogP contribution in [-0.2, 0) is 25.7 Å². The molecule has 0 aliphatic heterocycles. The first-order valence-electron chi connectivity index (χ1n) is 8.16. The first-order chi connectivity index (χ1) is 10.1. The van der Waals surface area contributed by atoms with Crippen LogP contribution in [0.1, 0.15) is 69.2 Å². The van der Waals surface area contributed by atoms with Crippen molar-refractivity contribution >= 4 is 6.16 Å². The lowest BCUT2D eigenvalue weighted by Crippen LogP contribution is -2.10. The lowest BCUT2D eigenvalue weighted by atomic mass is 9.88. The van der Waals surface area contributed by atoms with Gasteiger partial charge < -0.3 is 9.84 Å². The number of hydrogen-bond donors (Lipinski definition) is 1. The quantitative estimate of drug-likeness (QED) is 0.409. The van der Waals surface area contributed by atoms with E-state index in [1.165, 1.54) is 29.5 Å². The third-order valence-corrected chi connectivity index (χ3v) is 4.03. The molecule has 0 aromatic heterocycles. The summed E-state index contributed by atoms with van der Waals surface area (Å²) in [4.78, 5) is 10.9. The molecule has 0 amide bonds. The van der Waals surface area contributed by atoms with Crippen LogP contribution in [0.2, 0.25) is 0 Å². The second kappa shape index (κ2) is 8.71. The summed E-state index contributed by atoms with van der Waals surface area (Å²) in [6.07, 6.45) is 6.02. The van der Waals surface area contributed by atoms with Crippen molar-refractivity contribution in [2.24, 2.45) is 0 Å². The molecule has 118 valence electrons. The summed E-state index contributed by atoms with van der Waals surface area (Å²) in [5.74, 6) is 0.533. The second-order valence-electron chi connectivity index (χ2n) is 5.36. The first kappa shape index (κ1) is 17.5. The van der Waals surface area contributed by atoms with Crippen LogP contribution < -0.4 is 4.74 Å². The van der Waals surface area contributed by atoms with Crippen LogP contribution >= 0.6 is 0 Å². The molecule has 0 unspecified atom stereocenters. The van der Waals surface area contributed by atoms with E-state index in [1.807, 2.05) is 6.07 Å². The Morgan fingerprint density at radius 2 is 1.62 bits per heavy atom. The van der Waals surface area contributed by atoms with Crippen LogP contribution in [0.25, 0.3) is 0 Å². The number of aryl methyl sites for hydroxylation is 1. The number of carbonyl (C=O) groups is 1. The molecular formula is C18H28O3. The summed E-state index contributed by atoms with van der Waals surface area (Å²) in [6.45, 7) is 8.56. The highest BCUT2D eigenvalue weighted by atomic mass is 16.7. The number of carboxylic acid groups (broad SMARTS) is 1. The topological polar surface area (TPSA) is 46.5 Å². The molecular weight excluding hydrogens is 264 g/mol. The molecule has 0 saturated carbocycles. The van der Waals surface area contributed by atoms with Crippen LogP contribution in [0.4, 0.5) is 4.79 Å². The van der Waals surface area contributed by atoms with Crippen molar-refractivity contribution in [1.29, 1.82) is 0 Å². The minimum absolute atomic E-state index is 0.533. The van der Waals surface area contributed by atoms with Gasteiger partial charge in [0.25, 0.3) is 0 Å². The van der Waals surface area contributed by atoms with Crippen LogP contribution in [0, 0.1) is 0 Å². The van der Waals surface area contributed by atoms with E-state index in [0.29, 0.717) is 5.75 Å². The Hall–Kier alpha value is -1.51. The fourth-order valence-corrected chi connectivity index (χ4v) is 3.09. The fourth-order valence-electron chi connectivity index (χ4n) is 3.09. The van der Waals surface area contributed by atoms with E-state index in [2.05, 4.69) is 27.7 Å². The van der Waals surface area contributed by atoms with Gasteiger partial charge >= 0.3 is 6.16 Å². The Labute approximate surface area is 128 Å². The van der Waals surface area contributed by atoms with Crippen molar-refractivity contribution in [1.82, 2.24) is 0 Å². The molecule has 0 bridgehead atoms.